The van der Waals surface area contributed by atoms with Gasteiger partial charge in [0.05, 0.1) is 35.6 Å². The van der Waals surface area contributed by atoms with E-state index in [4.69, 9.17) is 16.3 Å². The average Bonchev–Trinajstić information content (AvgIpc) is 2.66. The van der Waals surface area contributed by atoms with Gasteiger partial charge in [-0.25, -0.2) is 14.8 Å². The Morgan fingerprint density at radius 2 is 1.83 bits per heavy atom. The van der Waals surface area contributed by atoms with E-state index in [0.717, 1.165) is 6.07 Å². The predicted molar refractivity (Wildman–Crippen MR) is 107 cm³/mol. The fraction of sp³-hybridized carbons (Fsp3) is 0.263. The number of amides is 2. The molecule has 0 unspecified atom stereocenters. The molecule has 0 saturated heterocycles. The smallest absolute Gasteiger partial charge is 0.417 e. The Balaban J connectivity index is 1.94. The van der Waals surface area contributed by atoms with Crippen LogP contribution in [0, 0.1) is 0 Å². The van der Waals surface area contributed by atoms with Crippen molar-refractivity contribution in [2.45, 2.75) is 25.9 Å². The zero-order valence-corrected chi connectivity index (χ0v) is 16.9. The summed E-state index contributed by atoms with van der Waals surface area (Å²) in [4.78, 5) is 24.7. The monoisotopic (exact) mass is 439 g/mol. The van der Waals surface area contributed by atoms with Crippen molar-refractivity contribution in [3.8, 4) is 5.88 Å². The lowest BCUT2D eigenvalue weighted by molar-refractivity contribution is -0.137. The lowest BCUT2D eigenvalue weighted by Gasteiger charge is -2.17. The summed E-state index contributed by atoms with van der Waals surface area (Å²) in [7, 11) is 1.23. The van der Waals surface area contributed by atoms with Crippen molar-refractivity contribution in [2.24, 2.45) is 0 Å². The van der Waals surface area contributed by atoms with Crippen LogP contribution in [-0.4, -0.2) is 28.1 Å². The lowest BCUT2D eigenvalue weighted by Crippen LogP contribution is -2.22. The van der Waals surface area contributed by atoms with Crippen molar-refractivity contribution in [1.82, 2.24) is 15.0 Å². The second-order valence-electron chi connectivity index (χ2n) is 6.60. The molecule has 7 nitrogen and oxygen atoms in total. The summed E-state index contributed by atoms with van der Waals surface area (Å²) in [5.74, 6) is -0.214. The third-order valence-electron chi connectivity index (χ3n) is 4.16. The fourth-order valence-electron chi connectivity index (χ4n) is 2.88. The number of nitrogens with zero attached hydrogens (tertiary/aromatic N) is 3. The normalized spacial score (nSPS) is 11.6. The molecule has 0 aliphatic rings. The maximum atomic E-state index is 13.0. The first-order chi connectivity index (χ1) is 14.1. The number of nitrogens with one attached hydrogen (secondary N) is 2. The van der Waals surface area contributed by atoms with Gasteiger partial charge < -0.3 is 15.4 Å². The summed E-state index contributed by atoms with van der Waals surface area (Å²) < 4.78 is 43.9. The fourth-order valence-corrected chi connectivity index (χ4v) is 3.03. The van der Waals surface area contributed by atoms with Crippen molar-refractivity contribution in [1.29, 1.82) is 0 Å². The van der Waals surface area contributed by atoms with E-state index >= 15 is 0 Å². The Kier molecular flexibility index (Phi) is 5.97. The van der Waals surface area contributed by atoms with E-state index in [2.05, 4.69) is 25.6 Å². The number of alkyl halides is 3. The number of hydrogen-bond donors (Lipinski definition) is 2. The highest BCUT2D eigenvalue weighted by Crippen LogP contribution is 2.34. The molecular formula is C19H17ClF3N5O2. The second-order valence-corrected chi connectivity index (χ2v) is 6.99. The van der Waals surface area contributed by atoms with Crippen molar-refractivity contribution >= 4 is 40.0 Å². The van der Waals surface area contributed by atoms with Crippen LogP contribution in [-0.2, 0) is 6.18 Å². The van der Waals surface area contributed by atoms with E-state index in [9.17, 15) is 18.0 Å². The van der Waals surface area contributed by atoms with Gasteiger partial charge >= 0.3 is 12.2 Å². The summed E-state index contributed by atoms with van der Waals surface area (Å²) >= 11 is 5.99. The minimum absolute atomic E-state index is 0.0541. The molecule has 3 aromatic rings. The Bertz CT molecular complexity index is 1110. The minimum Gasteiger partial charge on any atom is -0.480 e. The SMILES string of the molecule is COc1ncc(C(F)(F)F)cc1NC(=O)Nc1cnc2ccc(Cl)nc2c1C(C)C. The van der Waals surface area contributed by atoms with Gasteiger partial charge in [0.25, 0.3) is 0 Å². The summed E-state index contributed by atoms with van der Waals surface area (Å²) in [5.41, 5.74) is 0.903. The summed E-state index contributed by atoms with van der Waals surface area (Å²) in [6, 6.07) is 3.27. The Labute approximate surface area is 174 Å². The number of hydrogen-bond acceptors (Lipinski definition) is 5. The average molecular weight is 440 g/mol. The molecule has 2 amide bonds. The Morgan fingerprint density at radius 3 is 2.47 bits per heavy atom. The number of aromatic nitrogens is 3. The number of fused-ring (bicyclic) bond motifs is 1. The van der Waals surface area contributed by atoms with Gasteiger partial charge in [-0.05, 0) is 24.1 Å². The van der Waals surface area contributed by atoms with Gasteiger partial charge in [0.15, 0.2) is 0 Å². The van der Waals surface area contributed by atoms with Gasteiger partial charge in [-0.1, -0.05) is 25.4 Å². The molecule has 0 aromatic carbocycles. The minimum atomic E-state index is -4.62. The van der Waals surface area contributed by atoms with Gasteiger partial charge in [-0.15, -0.1) is 0 Å². The zero-order valence-electron chi connectivity index (χ0n) is 16.1. The highest BCUT2D eigenvalue weighted by molar-refractivity contribution is 6.29. The Hall–Kier alpha value is -3.14. The summed E-state index contributed by atoms with van der Waals surface area (Å²) in [5, 5.41) is 5.21. The van der Waals surface area contributed by atoms with E-state index in [1.54, 1.807) is 12.1 Å². The van der Waals surface area contributed by atoms with Gasteiger partial charge in [0.1, 0.15) is 10.8 Å². The van der Waals surface area contributed by atoms with Crippen LogP contribution < -0.4 is 15.4 Å². The van der Waals surface area contributed by atoms with E-state index in [-0.39, 0.29) is 22.6 Å². The van der Waals surface area contributed by atoms with E-state index in [1.807, 2.05) is 13.8 Å². The van der Waals surface area contributed by atoms with Crippen LogP contribution in [0.5, 0.6) is 5.88 Å². The van der Waals surface area contributed by atoms with Crippen LogP contribution in [0.15, 0.2) is 30.6 Å². The Morgan fingerprint density at radius 1 is 1.13 bits per heavy atom. The van der Waals surface area contributed by atoms with Gasteiger partial charge in [-0.3, -0.25) is 4.98 Å². The number of rotatable bonds is 4. The number of urea groups is 1. The number of methoxy groups -OCH3 is 1. The van der Waals surface area contributed by atoms with Crippen LogP contribution in [0.2, 0.25) is 5.15 Å². The first-order valence-corrected chi connectivity index (χ1v) is 9.12. The molecule has 158 valence electrons. The molecule has 0 aliphatic heterocycles. The zero-order chi connectivity index (χ0) is 22.1. The molecule has 3 rings (SSSR count). The summed E-state index contributed by atoms with van der Waals surface area (Å²) in [6.45, 7) is 3.81. The van der Waals surface area contributed by atoms with E-state index < -0.39 is 17.8 Å². The first kappa shape index (κ1) is 21.6. The standard InChI is InChI=1S/C19H17ClF3N5O2/c1-9(2)15-13(8-24-11-4-5-14(20)28-16(11)15)27-18(29)26-12-6-10(19(21,22)23)7-25-17(12)30-3/h4-9H,1-3H3,(H2,26,27,29). The number of carbonyl (C=O) groups is 1. The number of ether oxygens (including phenoxy) is 1. The number of pyridine rings is 3. The molecule has 0 bridgehead atoms. The molecule has 0 spiro atoms. The topological polar surface area (TPSA) is 89.0 Å². The molecule has 0 radical (unpaired) electrons. The maximum Gasteiger partial charge on any atom is 0.417 e. The second kappa shape index (κ2) is 8.31. The molecule has 3 aromatic heterocycles. The largest absolute Gasteiger partial charge is 0.480 e. The predicted octanol–water partition coefficient (Wildman–Crippen LogP) is 5.47. The van der Waals surface area contributed by atoms with Crippen LogP contribution in [0.1, 0.15) is 30.9 Å². The van der Waals surface area contributed by atoms with Gasteiger partial charge in [0, 0.05) is 11.8 Å². The highest BCUT2D eigenvalue weighted by Gasteiger charge is 2.32. The summed E-state index contributed by atoms with van der Waals surface area (Å²) in [6.07, 6.45) is -2.54. The maximum absolute atomic E-state index is 13.0. The van der Waals surface area contributed by atoms with Crippen LogP contribution in [0.3, 0.4) is 0 Å². The molecule has 11 heteroatoms. The number of carbonyl (C=O) groups excluding carboxylic acids is 1. The van der Waals surface area contributed by atoms with Gasteiger partial charge in [0.2, 0.25) is 5.88 Å². The quantitative estimate of drug-likeness (QED) is 0.526. The number of anilines is 2. The molecular weight excluding hydrogens is 423 g/mol. The van der Waals surface area contributed by atoms with Crippen LogP contribution in [0.25, 0.3) is 11.0 Å². The molecule has 2 N–H and O–H groups in total. The van der Waals surface area contributed by atoms with Crippen molar-refractivity contribution in [3.05, 3.63) is 46.9 Å². The molecule has 0 fully saturated rings. The molecule has 0 aliphatic carbocycles. The third kappa shape index (κ3) is 4.54. The van der Waals surface area contributed by atoms with E-state index in [0.29, 0.717) is 28.5 Å². The van der Waals surface area contributed by atoms with Crippen molar-refractivity contribution < 1.29 is 22.7 Å². The number of halogens is 4. The third-order valence-corrected chi connectivity index (χ3v) is 4.37. The lowest BCUT2D eigenvalue weighted by atomic mass is 10.0. The van der Waals surface area contributed by atoms with Crippen molar-refractivity contribution in [2.75, 3.05) is 17.7 Å². The molecule has 30 heavy (non-hydrogen) atoms. The molecule has 0 saturated carbocycles. The van der Waals surface area contributed by atoms with Crippen molar-refractivity contribution in [3.63, 3.8) is 0 Å². The molecule has 3 heterocycles. The van der Waals surface area contributed by atoms with Crippen LogP contribution >= 0.6 is 11.6 Å². The highest BCUT2D eigenvalue weighted by atomic mass is 35.5. The van der Waals surface area contributed by atoms with E-state index in [1.165, 1.54) is 13.3 Å². The van der Waals surface area contributed by atoms with Crippen LogP contribution in [0.4, 0.5) is 29.3 Å². The first-order valence-electron chi connectivity index (χ1n) is 8.74. The molecule has 0 atom stereocenters. The van der Waals surface area contributed by atoms with Gasteiger partial charge in [-0.2, -0.15) is 13.2 Å².